The third kappa shape index (κ3) is 5.19. The molecule has 0 N–H and O–H groups in total. The minimum absolute atomic E-state index is 0.413. The van der Waals surface area contributed by atoms with Gasteiger partial charge in [-0.25, -0.2) is 4.99 Å². The van der Waals surface area contributed by atoms with Crippen LogP contribution in [0.1, 0.15) is 51.4 Å². The molecule has 0 saturated heterocycles. The summed E-state index contributed by atoms with van der Waals surface area (Å²) < 4.78 is 7.09. The number of anilines is 3. The third-order valence-electron chi connectivity index (χ3n) is 12.4. The number of hydrogen-bond acceptors (Lipinski definition) is 5. The van der Waals surface area contributed by atoms with Gasteiger partial charge in [0.2, 0.25) is 0 Å². The Balaban J connectivity index is 0.978. The van der Waals surface area contributed by atoms with Crippen molar-refractivity contribution in [3.8, 4) is 22.6 Å². The Labute approximate surface area is 353 Å². The fourth-order valence-corrected chi connectivity index (χ4v) is 10.9. The van der Waals surface area contributed by atoms with Crippen LogP contribution in [-0.4, -0.2) is 11.5 Å². The Bertz CT molecular complexity index is 3020. The van der Waals surface area contributed by atoms with Crippen molar-refractivity contribution in [1.82, 2.24) is 0 Å². The molecule has 0 bridgehead atoms. The maximum Gasteiger partial charge on any atom is 0.155 e. The zero-order valence-electron chi connectivity index (χ0n) is 32.6. The molecule has 284 valence electrons. The van der Waals surface area contributed by atoms with Crippen molar-refractivity contribution >= 4 is 40.4 Å². The van der Waals surface area contributed by atoms with Gasteiger partial charge in [0.25, 0.3) is 0 Å². The van der Waals surface area contributed by atoms with Gasteiger partial charge < -0.3 is 9.64 Å². The molecule has 3 aliphatic heterocycles. The summed E-state index contributed by atoms with van der Waals surface area (Å²) in [5.74, 6) is 2.36. The topological polar surface area (TPSA) is 37.2 Å². The zero-order valence-corrected chi connectivity index (χ0v) is 33.4. The van der Waals surface area contributed by atoms with E-state index in [1.165, 1.54) is 43.4 Å². The van der Waals surface area contributed by atoms with Gasteiger partial charge in [-0.2, -0.15) is 0 Å². The molecule has 0 amide bonds. The first kappa shape index (κ1) is 34.8. The Hall–Kier alpha value is -7.21. The van der Waals surface area contributed by atoms with Crippen LogP contribution in [0.4, 0.5) is 17.1 Å². The van der Waals surface area contributed by atoms with E-state index in [1.54, 1.807) is 0 Å². The Morgan fingerprint density at radius 1 is 0.550 bits per heavy atom. The van der Waals surface area contributed by atoms with Crippen molar-refractivity contribution in [2.45, 2.75) is 27.7 Å². The van der Waals surface area contributed by atoms with Gasteiger partial charge in [0.05, 0.1) is 22.5 Å². The first-order valence-corrected chi connectivity index (χ1v) is 21.2. The molecule has 0 aromatic heterocycles. The van der Waals surface area contributed by atoms with Gasteiger partial charge in [0, 0.05) is 44.2 Å². The average Bonchev–Trinajstić information content (AvgIpc) is 3.47. The summed E-state index contributed by atoms with van der Waals surface area (Å²) in [7, 11) is 0. The van der Waals surface area contributed by atoms with Crippen LogP contribution >= 0.6 is 11.8 Å². The molecule has 60 heavy (non-hydrogen) atoms. The summed E-state index contributed by atoms with van der Waals surface area (Å²) in [5, 5.41) is 0. The predicted molar refractivity (Wildman–Crippen MR) is 245 cm³/mol. The maximum atomic E-state index is 7.09. The molecule has 1 spiro atoms. The highest BCUT2D eigenvalue weighted by Crippen LogP contribution is 2.63. The van der Waals surface area contributed by atoms with Crippen LogP contribution in [0, 0.1) is 0 Å². The van der Waals surface area contributed by atoms with Crippen LogP contribution in [0.3, 0.4) is 0 Å². The first-order valence-electron chi connectivity index (χ1n) is 20.4. The van der Waals surface area contributed by atoms with E-state index in [0.29, 0.717) is 12.3 Å². The molecule has 1 aliphatic carbocycles. The van der Waals surface area contributed by atoms with Crippen molar-refractivity contribution in [1.29, 1.82) is 0 Å². The molecule has 5 heteroatoms. The van der Waals surface area contributed by atoms with E-state index in [2.05, 4.69) is 181 Å². The maximum absolute atomic E-state index is 7.09. The van der Waals surface area contributed by atoms with Gasteiger partial charge in [-0.15, -0.1) is 0 Å². The summed E-state index contributed by atoms with van der Waals surface area (Å²) >= 11 is 1.82. The number of fused-ring (bicyclic) bond motifs is 11. The minimum atomic E-state index is -0.567. The standard InChI is InChI=1S/C55H37N3OS/c1-35-34-46(36-30-32-38(33-31-36)58-47-25-10-13-28-50(47)60-51-29-14-11-26-48(51)58)56-54(37-16-3-2-4-17-37)57-52(35)41-20-15-24-45-53(41)59-49-27-12-9-23-44(49)55(45)42-21-7-5-18-39(42)40-19-6-8-22-43(40)55/h2-33,52H,1,34H2. The number of hydrogen-bond donors (Lipinski definition) is 0. The molecule has 0 saturated carbocycles. The number of amidine groups is 1. The van der Waals surface area contributed by atoms with Gasteiger partial charge in [0.1, 0.15) is 17.5 Å². The predicted octanol–water partition coefficient (Wildman–Crippen LogP) is 14.0. The number of aliphatic imine (C=N–C) groups is 2. The quantitative estimate of drug-likeness (QED) is 0.167. The van der Waals surface area contributed by atoms with Crippen LogP contribution < -0.4 is 9.64 Å². The second kappa shape index (κ2) is 13.7. The SMILES string of the molecule is C=C1CC(c2ccc(N3c4ccccc4Sc4ccccc43)cc2)=NC(c2ccccc2)=NC1c1cccc2c1Oc1ccccc1C21c2ccccc2-c2ccccc21. The molecule has 4 nitrogen and oxygen atoms in total. The van der Waals surface area contributed by atoms with Gasteiger partial charge in [0.15, 0.2) is 5.84 Å². The van der Waals surface area contributed by atoms with Gasteiger partial charge in [-0.3, -0.25) is 4.99 Å². The molecule has 12 rings (SSSR count). The molecule has 3 heterocycles. The van der Waals surface area contributed by atoms with E-state index in [1.807, 2.05) is 30.0 Å². The van der Waals surface area contributed by atoms with Crippen molar-refractivity contribution in [2.24, 2.45) is 9.98 Å². The Kier molecular flexibility index (Phi) is 7.94. The molecule has 0 radical (unpaired) electrons. The normalized spacial score (nSPS) is 16.5. The van der Waals surface area contributed by atoms with Crippen LogP contribution in [0.2, 0.25) is 0 Å². The highest BCUT2D eigenvalue weighted by Gasteiger charge is 2.51. The highest BCUT2D eigenvalue weighted by atomic mass is 32.2. The number of rotatable bonds is 4. The van der Waals surface area contributed by atoms with Gasteiger partial charge >= 0.3 is 0 Å². The average molecular weight is 788 g/mol. The molecule has 0 fully saturated rings. The van der Waals surface area contributed by atoms with E-state index in [4.69, 9.17) is 21.3 Å². The highest BCUT2D eigenvalue weighted by molar-refractivity contribution is 7.99. The van der Waals surface area contributed by atoms with Crippen LogP contribution in [-0.2, 0) is 5.41 Å². The summed E-state index contributed by atoms with van der Waals surface area (Å²) in [6.45, 7) is 4.78. The van der Waals surface area contributed by atoms with Gasteiger partial charge in [-0.05, 0) is 75.9 Å². The van der Waals surface area contributed by atoms with Crippen LogP contribution in [0.5, 0.6) is 11.5 Å². The summed E-state index contributed by atoms with van der Waals surface area (Å²) in [6.07, 6.45) is 0.549. The fourth-order valence-electron chi connectivity index (χ4n) is 9.80. The fraction of sp³-hybridized carbons (Fsp3) is 0.0545. The van der Waals surface area contributed by atoms with Crippen molar-refractivity contribution in [3.63, 3.8) is 0 Å². The number of ether oxygens (including phenoxy) is 1. The smallest absolute Gasteiger partial charge is 0.155 e. The largest absolute Gasteiger partial charge is 0.456 e. The molecular formula is C55H37N3OS. The molecule has 8 aromatic rings. The number of benzene rings is 8. The monoisotopic (exact) mass is 787 g/mol. The second-order valence-corrected chi connectivity index (χ2v) is 16.8. The lowest BCUT2D eigenvalue weighted by atomic mass is 9.65. The summed E-state index contributed by atoms with van der Waals surface area (Å²) in [4.78, 5) is 15.7. The van der Waals surface area contributed by atoms with Crippen LogP contribution in [0.15, 0.2) is 226 Å². The summed E-state index contributed by atoms with van der Waals surface area (Å²) in [6, 6.07) is 68.7. The lowest BCUT2D eigenvalue weighted by molar-refractivity contribution is 0.428. The van der Waals surface area contributed by atoms with Gasteiger partial charge in [-0.1, -0.05) is 170 Å². The number of nitrogens with zero attached hydrogens (tertiary/aromatic N) is 3. The van der Waals surface area contributed by atoms with E-state index in [-0.39, 0.29) is 0 Å². The zero-order chi connectivity index (χ0) is 39.8. The Morgan fingerprint density at radius 2 is 1.13 bits per heavy atom. The first-order chi connectivity index (χ1) is 29.7. The van der Waals surface area contributed by atoms with Crippen molar-refractivity contribution < 1.29 is 4.74 Å². The lowest BCUT2D eigenvalue weighted by Gasteiger charge is -2.40. The number of para-hydroxylation sites is 4. The Morgan fingerprint density at radius 3 is 1.83 bits per heavy atom. The summed E-state index contributed by atoms with van der Waals surface area (Å²) in [5.41, 5.74) is 15.0. The minimum Gasteiger partial charge on any atom is -0.456 e. The molecule has 8 aromatic carbocycles. The molecule has 1 unspecified atom stereocenters. The van der Waals surface area contributed by atoms with Crippen molar-refractivity contribution in [3.05, 3.63) is 245 Å². The van der Waals surface area contributed by atoms with Crippen molar-refractivity contribution in [2.75, 3.05) is 4.90 Å². The third-order valence-corrected chi connectivity index (χ3v) is 13.5. The van der Waals surface area contributed by atoms with E-state index in [9.17, 15) is 0 Å². The van der Waals surface area contributed by atoms with Crippen LogP contribution in [0.25, 0.3) is 11.1 Å². The second-order valence-electron chi connectivity index (χ2n) is 15.7. The lowest BCUT2D eigenvalue weighted by Crippen LogP contribution is -2.32. The van der Waals surface area contributed by atoms with E-state index < -0.39 is 11.5 Å². The molecular weight excluding hydrogens is 751 g/mol. The van der Waals surface area contributed by atoms with E-state index >= 15 is 0 Å². The molecule has 4 aliphatic rings. The molecule has 1 atom stereocenters. The van der Waals surface area contributed by atoms with E-state index in [0.717, 1.165) is 56.3 Å².